The molecule has 0 aliphatic heterocycles. The Bertz CT molecular complexity index is 537. The van der Waals surface area contributed by atoms with E-state index in [0.717, 1.165) is 12.3 Å². The van der Waals surface area contributed by atoms with Gasteiger partial charge in [0.15, 0.2) is 0 Å². The van der Waals surface area contributed by atoms with Crippen molar-refractivity contribution in [1.82, 2.24) is 10.3 Å². The molecule has 118 valence electrons. The first kappa shape index (κ1) is 17.5. The molecule has 1 N–H and O–H groups in total. The minimum atomic E-state index is -4.60. The molecule has 6 heteroatoms. The van der Waals surface area contributed by atoms with Crippen LogP contribution in [0.4, 0.5) is 13.2 Å². The van der Waals surface area contributed by atoms with Crippen LogP contribution in [0.2, 0.25) is 0 Å². The number of carbonyl (C=O) groups is 1. The van der Waals surface area contributed by atoms with E-state index in [9.17, 15) is 18.0 Å². The number of nitrogens with one attached hydrogen (secondary N) is 1. The maximum Gasteiger partial charge on any atom is 0.417 e. The molecule has 21 heavy (non-hydrogen) atoms. The first-order valence-corrected chi connectivity index (χ1v) is 6.62. The molecule has 0 radical (unpaired) electrons. The summed E-state index contributed by atoms with van der Waals surface area (Å²) in [6.45, 7) is 10.4. The van der Waals surface area contributed by atoms with E-state index in [4.69, 9.17) is 0 Å². The molecule has 0 bridgehead atoms. The van der Waals surface area contributed by atoms with Crippen LogP contribution in [0.3, 0.4) is 0 Å². The number of rotatable bonds is 1. The number of halogens is 3. The molecule has 0 fully saturated rings. The van der Waals surface area contributed by atoms with Gasteiger partial charge in [0.05, 0.1) is 11.1 Å². The van der Waals surface area contributed by atoms with Gasteiger partial charge in [-0.25, -0.2) is 0 Å². The first-order valence-electron chi connectivity index (χ1n) is 6.62. The molecule has 0 saturated carbocycles. The second kappa shape index (κ2) is 5.31. The summed E-state index contributed by atoms with van der Waals surface area (Å²) in [5, 5.41) is 2.53. The van der Waals surface area contributed by atoms with Gasteiger partial charge in [-0.2, -0.15) is 13.2 Å². The van der Waals surface area contributed by atoms with E-state index in [2.05, 4.69) is 10.3 Å². The van der Waals surface area contributed by atoms with Crippen molar-refractivity contribution in [1.29, 1.82) is 0 Å². The van der Waals surface area contributed by atoms with Crippen LogP contribution in [-0.4, -0.2) is 16.4 Å². The predicted octanol–water partition coefficient (Wildman–Crippen LogP) is 3.93. The van der Waals surface area contributed by atoms with Gasteiger partial charge in [0.1, 0.15) is 0 Å². The molecule has 1 rings (SSSR count). The third-order valence-corrected chi connectivity index (χ3v) is 2.71. The number of hydrogen-bond acceptors (Lipinski definition) is 2. The average Bonchev–Trinajstić information content (AvgIpc) is 2.23. The molecule has 3 nitrogen and oxygen atoms in total. The Kier molecular flexibility index (Phi) is 4.42. The maximum atomic E-state index is 13.2. The maximum absolute atomic E-state index is 13.2. The van der Waals surface area contributed by atoms with E-state index < -0.39 is 34.2 Å². The lowest BCUT2D eigenvalue weighted by molar-refractivity contribution is -0.138. The third kappa shape index (κ3) is 4.72. The van der Waals surface area contributed by atoms with Crippen molar-refractivity contribution < 1.29 is 18.0 Å². The fourth-order valence-corrected chi connectivity index (χ4v) is 1.69. The van der Waals surface area contributed by atoms with Crippen molar-refractivity contribution in [3.8, 4) is 0 Å². The highest BCUT2D eigenvalue weighted by Gasteiger charge is 2.37. The van der Waals surface area contributed by atoms with Crippen molar-refractivity contribution in [3.05, 3.63) is 29.1 Å². The number of pyridine rings is 1. The summed E-state index contributed by atoms with van der Waals surface area (Å²) in [5.74, 6) is -0.775. The Morgan fingerprint density at radius 1 is 1.10 bits per heavy atom. The molecule has 1 aromatic rings. The van der Waals surface area contributed by atoms with E-state index >= 15 is 0 Å². The molecule has 0 aromatic carbocycles. The normalized spacial score (nSPS) is 13.2. The molecule has 0 aliphatic carbocycles. The van der Waals surface area contributed by atoms with Gasteiger partial charge in [-0.3, -0.25) is 9.78 Å². The zero-order chi connectivity index (χ0) is 16.6. The number of aromatic nitrogens is 1. The summed E-state index contributed by atoms with van der Waals surface area (Å²) in [6.07, 6.45) is -3.60. The number of alkyl halides is 3. The lowest BCUT2D eigenvalue weighted by Crippen LogP contribution is -2.41. The number of amides is 1. The van der Waals surface area contributed by atoms with E-state index in [1.165, 1.54) is 0 Å². The molecule has 1 heterocycles. The highest BCUT2D eigenvalue weighted by atomic mass is 19.4. The Balaban J connectivity index is 3.37. The molecule has 1 aromatic heterocycles. The van der Waals surface area contributed by atoms with Crippen LogP contribution in [0.1, 0.15) is 63.2 Å². The van der Waals surface area contributed by atoms with E-state index in [1.54, 1.807) is 41.5 Å². The second-order valence-corrected chi connectivity index (χ2v) is 7.07. The highest BCUT2D eigenvalue weighted by Crippen LogP contribution is 2.34. The number of nitrogens with zero attached hydrogens (tertiary/aromatic N) is 1. The fraction of sp³-hybridized carbons (Fsp3) is 0.600. The van der Waals surface area contributed by atoms with Crippen LogP contribution in [0, 0.1) is 0 Å². The summed E-state index contributed by atoms with van der Waals surface area (Å²) in [5.41, 5.74) is -2.27. The van der Waals surface area contributed by atoms with Crippen molar-refractivity contribution in [2.24, 2.45) is 0 Å². The molecular weight excluding hydrogens is 281 g/mol. The Hall–Kier alpha value is -1.59. The topological polar surface area (TPSA) is 42.0 Å². The quantitative estimate of drug-likeness (QED) is 0.854. The van der Waals surface area contributed by atoms with Gasteiger partial charge < -0.3 is 5.32 Å². The van der Waals surface area contributed by atoms with Crippen LogP contribution in [0.15, 0.2) is 12.3 Å². The van der Waals surface area contributed by atoms with E-state index in [-0.39, 0.29) is 0 Å². The summed E-state index contributed by atoms with van der Waals surface area (Å²) in [7, 11) is 0. The first-order chi connectivity index (χ1) is 9.22. The summed E-state index contributed by atoms with van der Waals surface area (Å²) in [4.78, 5) is 16.1. The van der Waals surface area contributed by atoms with Crippen molar-refractivity contribution in [3.63, 3.8) is 0 Å². The van der Waals surface area contributed by atoms with Crippen molar-refractivity contribution in [2.75, 3.05) is 0 Å². The standard InChI is InChI=1S/C15H21F3N2O/c1-13(2,3)11-7-10(15(16,17)18)9(8-19-11)12(21)20-14(4,5)6/h7-8H,1-6H3,(H,20,21). The van der Waals surface area contributed by atoms with E-state index in [0.29, 0.717) is 5.69 Å². The third-order valence-electron chi connectivity index (χ3n) is 2.71. The number of carbonyl (C=O) groups excluding carboxylic acids is 1. The zero-order valence-corrected chi connectivity index (χ0v) is 13.1. The summed E-state index contributed by atoms with van der Waals surface area (Å²) in [6, 6.07) is 0.956. The SMILES string of the molecule is CC(C)(C)NC(=O)c1cnc(C(C)(C)C)cc1C(F)(F)F. The van der Waals surface area contributed by atoms with Gasteiger partial charge in [-0.1, -0.05) is 20.8 Å². The zero-order valence-electron chi connectivity index (χ0n) is 13.1. The largest absolute Gasteiger partial charge is 0.417 e. The second-order valence-electron chi connectivity index (χ2n) is 7.07. The monoisotopic (exact) mass is 302 g/mol. The van der Waals surface area contributed by atoms with E-state index in [1.807, 2.05) is 0 Å². The molecule has 1 amide bonds. The van der Waals surface area contributed by atoms with Gasteiger partial charge in [0.25, 0.3) is 5.91 Å². The molecular formula is C15H21F3N2O. The lowest BCUT2D eigenvalue weighted by atomic mass is 9.90. The summed E-state index contributed by atoms with van der Waals surface area (Å²) >= 11 is 0. The highest BCUT2D eigenvalue weighted by molar-refractivity contribution is 5.96. The molecule has 0 unspecified atom stereocenters. The predicted molar refractivity (Wildman–Crippen MR) is 75.2 cm³/mol. The van der Waals surface area contributed by atoms with Crippen LogP contribution in [-0.2, 0) is 11.6 Å². The fourth-order valence-electron chi connectivity index (χ4n) is 1.69. The van der Waals surface area contributed by atoms with Gasteiger partial charge in [-0.05, 0) is 26.8 Å². The molecule has 0 atom stereocenters. The molecule has 0 spiro atoms. The Morgan fingerprint density at radius 2 is 1.62 bits per heavy atom. The van der Waals surface area contributed by atoms with Crippen LogP contribution < -0.4 is 5.32 Å². The van der Waals surface area contributed by atoms with Gasteiger partial charge >= 0.3 is 6.18 Å². The minimum Gasteiger partial charge on any atom is -0.347 e. The van der Waals surface area contributed by atoms with Crippen LogP contribution in [0.5, 0.6) is 0 Å². The smallest absolute Gasteiger partial charge is 0.347 e. The summed E-state index contributed by atoms with van der Waals surface area (Å²) < 4.78 is 39.6. The molecule has 0 saturated heterocycles. The Labute approximate surface area is 123 Å². The van der Waals surface area contributed by atoms with Gasteiger partial charge in [0, 0.05) is 22.8 Å². The van der Waals surface area contributed by atoms with Gasteiger partial charge in [0.2, 0.25) is 0 Å². The number of hydrogen-bond donors (Lipinski definition) is 1. The Morgan fingerprint density at radius 3 is 2.00 bits per heavy atom. The molecule has 0 aliphatic rings. The van der Waals surface area contributed by atoms with Crippen molar-refractivity contribution >= 4 is 5.91 Å². The minimum absolute atomic E-state index is 0.294. The van der Waals surface area contributed by atoms with Crippen LogP contribution >= 0.6 is 0 Å². The lowest BCUT2D eigenvalue weighted by Gasteiger charge is -2.24. The van der Waals surface area contributed by atoms with Crippen molar-refractivity contribution in [2.45, 2.75) is 58.7 Å². The average molecular weight is 302 g/mol. The van der Waals surface area contributed by atoms with Crippen LogP contribution in [0.25, 0.3) is 0 Å². The van der Waals surface area contributed by atoms with Gasteiger partial charge in [-0.15, -0.1) is 0 Å².